The Balaban J connectivity index is 1.50. The molecule has 0 aromatic rings. The number of rotatable bonds is 6. The molecule has 0 heterocycles. The summed E-state index contributed by atoms with van der Waals surface area (Å²) in [5.41, 5.74) is 2.31. The van der Waals surface area contributed by atoms with Gasteiger partial charge in [0.15, 0.2) is 0 Å². The van der Waals surface area contributed by atoms with Crippen LogP contribution in [0.3, 0.4) is 0 Å². The third-order valence-corrected chi connectivity index (χ3v) is 11.0. The van der Waals surface area contributed by atoms with Crippen LogP contribution in [0.15, 0.2) is 11.6 Å². The van der Waals surface area contributed by atoms with E-state index in [-0.39, 0.29) is 12.0 Å². The van der Waals surface area contributed by atoms with E-state index < -0.39 is 0 Å². The highest BCUT2D eigenvalue weighted by Crippen LogP contribution is 2.67. The van der Waals surface area contributed by atoms with Gasteiger partial charge in [-0.05, 0) is 104 Å². The molecule has 9 unspecified atom stereocenters. The van der Waals surface area contributed by atoms with Gasteiger partial charge >= 0.3 is 0 Å². The highest BCUT2D eigenvalue weighted by molar-refractivity contribution is 5.81. The molecule has 0 radical (unpaired) electrons. The fourth-order valence-electron chi connectivity index (χ4n) is 9.30. The Morgan fingerprint density at radius 3 is 2.52 bits per heavy atom. The quantitative estimate of drug-likeness (QED) is 0.454. The second kappa shape index (κ2) is 8.62. The first-order valence-corrected chi connectivity index (χ1v) is 13.5. The SMILES string of the molecule is CCC(C(=O)CC(C)C1CCC2C3CC=C4CC(O)CCC4(C)C3CCC12C)C(C)C. The van der Waals surface area contributed by atoms with Crippen molar-refractivity contribution in [1.29, 1.82) is 0 Å². The zero-order chi connectivity index (χ0) is 22.6. The Morgan fingerprint density at radius 2 is 1.84 bits per heavy atom. The first-order valence-electron chi connectivity index (χ1n) is 13.5. The lowest BCUT2D eigenvalue weighted by Gasteiger charge is -2.58. The van der Waals surface area contributed by atoms with Crippen molar-refractivity contribution in [3.8, 4) is 0 Å². The van der Waals surface area contributed by atoms with Crippen molar-refractivity contribution in [2.45, 2.75) is 112 Å². The number of fused-ring (bicyclic) bond motifs is 5. The number of carbonyl (C=O) groups excluding carboxylic acids is 1. The highest BCUT2D eigenvalue weighted by Gasteiger charge is 2.59. The minimum absolute atomic E-state index is 0.114. The average Bonchev–Trinajstić information content (AvgIpc) is 3.06. The zero-order valence-corrected chi connectivity index (χ0v) is 21.1. The van der Waals surface area contributed by atoms with E-state index in [2.05, 4.69) is 47.6 Å². The van der Waals surface area contributed by atoms with Gasteiger partial charge in [0.2, 0.25) is 0 Å². The number of carbonyl (C=O) groups is 1. The van der Waals surface area contributed by atoms with E-state index in [4.69, 9.17) is 0 Å². The number of allylic oxidation sites excluding steroid dienone is 1. The second-order valence-corrected chi connectivity index (χ2v) is 12.8. The van der Waals surface area contributed by atoms with Crippen LogP contribution in [0.2, 0.25) is 0 Å². The summed E-state index contributed by atoms with van der Waals surface area (Å²) in [6.45, 7) is 14.1. The van der Waals surface area contributed by atoms with Gasteiger partial charge in [0.25, 0.3) is 0 Å². The van der Waals surface area contributed by atoms with Crippen LogP contribution in [0.25, 0.3) is 0 Å². The molecule has 3 saturated carbocycles. The van der Waals surface area contributed by atoms with Gasteiger partial charge in [-0.15, -0.1) is 0 Å². The Bertz CT molecular complexity index is 708. The summed E-state index contributed by atoms with van der Waals surface area (Å²) in [7, 11) is 0. The molecule has 9 atom stereocenters. The average molecular weight is 429 g/mol. The van der Waals surface area contributed by atoms with Gasteiger partial charge in [0.1, 0.15) is 5.78 Å². The lowest BCUT2D eigenvalue weighted by atomic mass is 9.47. The van der Waals surface area contributed by atoms with E-state index in [1.165, 1.54) is 38.5 Å². The number of hydrogen-bond acceptors (Lipinski definition) is 2. The molecule has 2 nitrogen and oxygen atoms in total. The second-order valence-electron chi connectivity index (χ2n) is 12.8. The van der Waals surface area contributed by atoms with E-state index >= 15 is 0 Å². The van der Waals surface area contributed by atoms with Gasteiger partial charge in [0.05, 0.1) is 6.10 Å². The first-order chi connectivity index (χ1) is 14.6. The Morgan fingerprint density at radius 1 is 1.10 bits per heavy atom. The van der Waals surface area contributed by atoms with Crippen LogP contribution in [-0.4, -0.2) is 17.0 Å². The highest BCUT2D eigenvalue weighted by atomic mass is 16.3. The van der Waals surface area contributed by atoms with Gasteiger partial charge in [-0.2, -0.15) is 0 Å². The van der Waals surface area contributed by atoms with Crippen molar-refractivity contribution in [2.75, 3.05) is 0 Å². The number of hydrogen-bond donors (Lipinski definition) is 1. The summed E-state index contributed by atoms with van der Waals surface area (Å²) >= 11 is 0. The Hall–Kier alpha value is -0.630. The molecule has 0 aromatic heterocycles. The van der Waals surface area contributed by atoms with Crippen LogP contribution in [-0.2, 0) is 4.79 Å². The maximum atomic E-state index is 13.1. The van der Waals surface area contributed by atoms with E-state index in [0.29, 0.717) is 34.4 Å². The summed E-state index contributed by atoms with van der Waals surface area (Å²) < 4.78 is 0. The fourth-order valence-corrected chi connectivity index (χ4v) is 9.30. The lowest BCUT2D eigenvalue weighted by molar-refractivity contribution is -0.126. The van der Waals surface area contributed by atoms with Gasteiger partial charge in [-0.1, -0.05) is 53.2 Å². The molecular weight excluding hydrogens is 380 g/mol. The largest absolute Gasteiger partial charge is 0.393 e. The van der Waals surface area contributed by atoms with Gasteiger partial charge in [-0.25, -0.2) is 0 Å². The molecule has 0 bridgehead atoms. The topological polar surface area (TPSA) is 37.3 Å². The van der Waals surface area contributed by atoms with Crippen LogP contribution in [0, 0.1) is 52.3 Å². The van der Waals surface area contributed by atoms with E-state index in [1.807, 2.05) is 0 Å². The van der Waals surface area contributed by atoms with E-state index in [0.717, 1.165) is 43.4 Å². The van der Waals surface area contributed by atoms with Crippen molar-refractivity contribution in [1.82, 2.24) is 0 Å². The van der Waals surface area contributed by atoms with Crippen LogP contribution >= 0.6 is 0 Å². The zero-order valence-electron chi connectivity index (χ0n) is 21.1. The summed E-state index contributed by atoms with van der Waals surface area (Å²) in [6, 6.07) is 0. The van der Waals surface area contributed by atoms with E-state index in [9.17, 15) is 9.90 Å². The summed E-state index contributed by atoms with van der Waals surface area (Å²) in [4.78, 5) is 13.1. The standard InChI is InChI=1S/C29H48O2/c1-7-22(18(2)3)27(31)16-19(4)24-10-11-25-23-9-8-20-17-21(30)12-14-28(20,5)26(23)13-15-29(24,25)6/h8,18-19,21-26,30H,7,9-17H2,1-6H3. The van der Waals surface area contributed by atoms with E-state index in [1.54, 1.807) is 5.57 Å². The molecular formula is C29H48O2. The molecule has 1 N–H and O–H groups in total. The van der Waals surface area contributed by atoms with Gasteiger partial charge in [0, 0.05) is 12.3 Å². The third-order valence-electron chi connectivity index (χ3n) is 11.0. The van der Waals surface area contributed by atoms with Crippen LogP contribution in [0.1, 0.15) is 106 Å². The molecule has 3 fully saturated rings. The van der Waals surface area contributed by atoms with Crippen LogP contribution < -0.4 is 0 Å². The molecule has 0 aromatic carbocycles. The maximum Gasteiger partial charge on any atom is 0.136 e. The normalized spacial score (nSPS) is 44.1. The molecule has 2 heteroatoms. The van der Waals surface area contributed by atoms with Crippen molar-refractivity contribution in [2.24, 2.45) is 52.3 Å². The number of aliphatic hydroxyl groups is 1. The minimum Gasteiger partial charge on any atom is -0.393 e. The van der Waals surface area contributed by atoms with Crippen molar-refractivity contribution >= 4 is 5.78 Å². The molecule has 0 aliphatic heterocycles. The maximum absolute atomic E-state index is 13.1. The smallest absolute Gasteiger partial charge is 0.136 e. The number of ketones is 1. The Labute approximate surface area is 191 Å². The van der Waals surface area contributed by atoms with Gasteiger partial charge < -0.3 is 5.11 Å². The molecule has 31 heavy (non-hydrogen) atoms. The van der Waals surface area contributed by atoms with Gasteiger partial charge in [-0.3, -0.25) is 4.79 Å². The monoisotopic (exact) mass is 428 g/mol. The van der Waals surface area contributed by atoms with Crippen LogP contribution in [0.4, 0.5) is 0 Å². The minimum atomic E-state index is -0.114. The molecule has 4 aliphatic rings. The number of aliphatic hydroxyl groups excluding tert-OH is 1. The Kier molecular flexibility index (Phi) is 6.54. The molecule has 4 aliphatic carbocycles. The molecule has 0 spiro atoms. The third kappa shape index (κ3) is 3.87. The van der Waals surface area contributed by atoms with Crippen LogP contribution in [0.5, 0.6) is 0 Å². The lowest BCUT2D eigenvalue weighted by Crippen LogP contribution is -2.50. The summed E-state index contributed by atoms with van der Waals surface area (Å²) in [5.74, 6) is 4.89. The molecule has 0 saturated heterocycles. The summed E-state index contributed by atoms with van der Waals surface area (Å²) in [5, 5.41) is 10.2. The molecule has 0 amide bonds. The molecule has 4 rings (SSSR count). The fraction of sp³-hybridized carbons (Fsp3) is 0.897. The number of Topliss-reactive ketones (excluding diaryl/α,β-unsaturated/α-hetero) is 1. The summed E-state index contributed by atoms with van der Waals surface area (Å²) in [6.07, 6.45) is 13.9. The predicted molar refractivity (Wildman–Crippen MR) is 129 cm³/mol. The first kappa shape index (κ1) is 23.5. The molecule has 176 valence electrons. The predicted octanol–water partition coefficient (Wildman–Crippen LogP) is 7.20. The van der Waals surface area contributed by atoms with Crippen molar-refractivity contribution in [3.63, 3.8) is 0 Å². The van der Waals surface area contributed by atoms with Crippen molar-refractivity contribution < 1.29 is 9.90 Å². The van der Waals surface area contributed by atoms with Crippen molar-refractivity contribution in [3.05, 3.63) is 11.6 Å².